The molecule has 3 nitrogen and oxygen atoms in total. The molecule has 0 spiro atoms. The smallest absolute Gasteiger partial charge is 0.123 e. The molecule has 0 unspecified atom stereocenters. The normalized spacial score (nSPS) is 13.5. The topological polar surface area (TPSA) is 30.7 Å². The molecule has 0 aliphatic carbocycles. The van der Waals surface area contributed by atoms with Crippen molar-refractivity contribution < 1.29 is 32.7 Å². The molecule has 0 bridgehead atoms. The molecule has 0 atom stereocenters. The van der Waals surface area contributed by atoms with Crippen molar-refractivity contribution in [1.82, 2.24) is 14.5 Å². The Balaban J connectivity index is 0.000000177. The minimum atomic E-state index is -2.58. The van der Waals surface area contributed by atoms with Gasteiger partial charge in [0.1, 0.15) is 5.82 Å². The van der Waals surface area contributed by atoms with E-state index in [1.165, 1.54) is 28.4 Å². The van der Waals surface area contributed by atoms with E-state index < -0.39 is 13.7 Å². The Labute approximate surface area is 365 Å². The Kier molecular flexibility index (Phi) is 8.96. The summed E-state index contributed by atoms with van der Waals surface area (Å²) < 4.78 is 65.6. The van der Waals surface area contributed by atoms with Crippen LogP contribution in [-0.2, 0) is 20.1 Å². The summed E-state index contributed by atoms with van der Waals surface area (Å²) in [6.45, 7) is 3.29. The molecule has 10 rings (SSSR count). The number of pyridine rings is 1. The first-order chi connectivity index (χ1) is 30.1. The molecule has 6 heteroatoms. The summed E-state index contributed by atoms with van der Waals surface area (Å²) in [5.74, 6) is 1.000. The Morgan fingerprint density at radius 3 is 2.19 bits per heavy atom. The minimum Gasteiger partial charge on any atom is -0.333 e. The van der Waals surface area contributed by atoms with E-state index in [1.54, 1.807) is 23.5 Å². The molecule has 0 fully saturated rings. The number of imidazole rings is 1. The number of nitrogens with zero attached hydrogens (tertiary/aromatic N) is 3. The molecule has 3 heterocycles. The van der Waals surface area contributed by atoms with Crippen molar-refractivity contribution in [2.24, 2.45) is 0 Å². The number of hydrogen-bond donors (Lipinski definition) is 0. The van der Waals surface area contributed by atoms with Gasteiger partial charge in [-0.3, -0.25) is 4.98 Å². The third-order valence-corrected chi connectivity index (χ3v) is 11.8. The van der Waals surface area contributed by atoms with Gasteiger partial charge in [0.2, 0.25) is 0 Å². The molecule has 0 saturated carbocycles. The zero-order valence-electron chi connectivity index (χ0n) is 38.3. The molecule has 0 saturated heterocycles. The van der Waals surface area contributed by atoms with Gasteiger partial charge in [0, 0.05) is 44.9 Å². The fraction of sp³-hybridized carbons (Fsp3) is 0.154. The van der Waals surface area contributed by atoms with E-state index in [0.29, 0.717) is 11.3 Å². The van der Waals surface area contributed by atoms with Crippen molar-refractivity contribution in [2.45, 2.75) is 53.2 Å². The van der Waals surface area contributed by atoms with Crippen LogP contribution < -0.4 is 0 Å². The first-order valence-electron chi connectivity index (χ1n) is 22.1. The molecule has 0 N–H and O–H groups in total. The van der Waals surface area contributed by atoms with Gasteiger partial charge >= 0.3 is 0 Å². The number of thiophene rings is 1. The van der Waals surface area contributed by atoms with Crippen molar-refractivity contribution in [1.29, 1.82) is 0 Å². The molecule has 10 aromatic rings. The van der Waals surface area contributed by atoms with Crippen molar-refractivity contribution in [3.8, 4) is 28.3 Å². The molecular weight excluding hydrogens is 910 g/mol. The van der Waals surface area contributed by atoms with Gasteiger partial charge in [-0.2, -0.15) is 11.3 Å². The van der Waals surface area contributed by atoms with Crippen LogP contribution in [0.1, 0.15) is 70.0 Å². The Morgan fingerprint density at radius 2 is 1.43 bits per heavy atom. The predicted octanol–water partition coefficient (Wildman–Crippen LogP) is 14.7. The average Bonchev–Trinajstić information content (AvgIpc) is 3.83. The molecule has 0 amide bonds. The molecule has 0 aliphatic heterocycles. The Morgan fingerprint density at radius 1 is 0.690 bits per heavy atom. The van der Waals surface area contributed by atoms with Crippen molar-refractivity contribution in [3.05, 3.63) is 174 Å². The quantitative estimate of drug-likeness (QED) is 0.127. The third-order valence-electron chi connectivity index (χ3n) is 10.6. The maximum absolute atomic E-state index is 14.5. The van der Waals surface area contributed by atoms with Crippen LogP contribution in [-0.4, -0.2) is 14.5 Å². The first-order valence-corrected chi connectivity index (χ1v) is 19.9. The predicted molar refractivity (Wildman–Crippen MR) is 239 cm³/mol. The second-order valence-electron chi connectivity index (χ2n) is 14.9. The van der Waals surface area contributed by atoms with Crippen LogP contribution in [0.3, 0.4) is 0 Å². The van der Waals surface area contributed by atoms with Crippen molar-refractivity contribution in [3.63, 3.8) is 0 Å². The summed E-state index contributed by atoms with van der Waals surface area (Å²) in [5.41, 5.74) is 6.49. The third kappa shape index (κ3) is 7.04. The van der Waals surface area contributed by atoms with Gasteiger partial charge in [-0.05, 0) is 116 Å². The van der Waals surface area contributed by atoms with E-state index in [0.717, 1.165) is 64.8 Å². The van der Waals surface area contributed by atoms with Crippen LogP contribution in [0.5, 0.6) is 0 Å². The van der Waals surface area contributed by atoms with Gasteiger partial charge in [0.05, 0.1) is 16.9 Å². The summed E-state index contributed by atoms with van der Waals surface area (Å²) in [7, 11) is 0. The van der Waals surface area contributed by atoms with Gasteiger partial charge in [-0.15, -0.1) is 59.7 Å². The number of halogens is 1. The van der Waals surface area contributed by atoms with E-state index in [-0.39, 0.29) is 48.9 Å². The van der Waals surface area contributed by atoms with E-state index >= 15 is 0 Å². The number of para-hydroxylation sites is 2. The van der Waals surface area contributed by atoms with E-state index in [2.05, 4.69) is 91.8 Å². The Bertz CT molecular complexity index is 3330. The summed E-state index contributed by atoms with van der Waals surface area (Å²) in [4.78, 5) is 9.29. The van der Waals surface area contributed by atoms with Crippen LogP contribution in [0.25, 0.3) is 81.1 Å². The second kappa shape index (κ2) is 16.0. The molecule has 289 valence electrons. The van der Waals surface area contributed by atoms with Crippen molar-refractivity contribution in [2.75, 3.05) is 0 Å². The number of hydrogen-bond acceptors (Lipinski definition) is 3. The van der Waals surface area contributed by atoms with Gasteiger partial charge in [0.15, 0.2) is 0 Å². The SMILES string of the molecule is CC(C)c1cc(F)cc(C(C)C)c1-n1c(-c2[c-]cccc2)nc2ccccc21.[2H]C([2H])([2H])c1cnc(-c2[c-]ccc3c2sc2cc4ccc5ccccc5c4cc23)cc1C([2H])([2H])[2H].[Ir]. The largest absolute Gasteiger partial charge is 0.333 e. The van der Waals surface area contributed by atoms with Crippen LogP contribution in [0.2, 0.25) is 0 Å². The maximum Gasteiger partial charge on any atom is 0.123 e. The zero-order chi connectivity index (χ0) is 44.4. The Hall–Kier alpha value is -5.52. The van der Waals surface area contributed by atoms with Crippen LogP contribution in [0, 0.1) is 31.7 Å². The zero-order valence-corrected chi connectivity index (χ0v) is 35.5. The number of aryl methyl sites for hydroxylation is 2. The van der Waals surface area contributed by atoms with Gasteiger partial charge in [-0.25, -0.2) is 4.39 Å². The molecule has 3 aromatic heterocycles. The van der Waals surface area contributed by atoms with Crippen LogP contribution in [0.15, 0.2) is 134 Å². The fourth-order valence-corrected chi connectivity index (χ4v) is 9.01. The van der Waals surface area contributed by atoms with E-state index in [9.17, 15) is 4.39 Å². The minimum absolute atomic E-state index is 0. The van der Waals surface area contributed by atoms with Gasteiger partial charge in [-0.1, -0.05) is 93.2 Å². The first kappa shape index (κ1) is 32.4. The molecule has 0 aliphatic rings. The van der Waals surface area contributed by atoms with E-state index in [1.807, 2.05) is 66.7 Å². The number of rotatable bonds is 5. The second-order valence-corrected chi connectivity index (χ2v) is 16.0. The molecular formula is C52H42FIrN3S-2. The van der Waals surface area contributed by atoms with Gasteiger partial charge in [0.25, 0.3) is 0 Å². The molecule has 7 aromatic carbocycles. The standard InChI is InChI=1S/C27H18NS.C25H24FN2.Ir/c1-16-12-25(28-15-17(16)2)22-9-5-8-21-24-14-23-19(13-26(24)29-27(21)22)11-10-18-6-3-4-7-20(18)23;1-16(2)20-14-19(26)15-21(17(3)4)24(20)28-23-13-9-8-12-22(23)27-25(28)18-10-6-5-7-11-18;/h3-8,10-15H,1-2H3;5-10,12-17H,1-4H3;/q2*-1;/i1D3,2D3;;. The van der Waals surface area contributed by atoms with Crippen LogP contribution in [0.4, 0.5) is 4.39 Å². The summed E-state index contributed by atoms with van der Waals surface area (Å²) in [6, 6.07) is 48.0. The van der Waals surface area contributed by atoms with E-state index in [4.69, 9.17) is 13.2 Å². The van der Waals surface area contributed by atoms with Crippen LogP contribution >= 0.6 is 11.3 Å². The fourth-order valence-electron chi connectivity index (χ4n) is 7.77. The summed E-state index contributed by atoms with van der Waals surface area (Å²) in [5, 5.41) is 6.85. The monoisotopic (exact) mass is 958 g/mol. The number of benzene rings is 7. The molecule has 58 heavy (non-hydrogen) atoms. The van der Waals surface area contributed by atoms with Gasteiger partial charge < -0.3 is 9.55 Å². The average molecular weight is 958 g/mol. The summed E-state index contributed by atoms with van der Waals surface area (Å²) >= 11 is 1.60. The maximum atomic E-state index is 14.5. The number of fused-ring (bicyclic) bond motifs is 7. The van der Waals surface area contributed by atoms with Crippen molar-refractivity contribution >= 4 is 64.1 Å². The number of aromatic nitrogens is 3. The molecule has 1 radical (unpaired) electrons. The summed E-state index contributed by atoms with van der Waals surface area (Å²) in [6.07, 6.45) is 1.17.